The van der Waals surface area contributed by atoms with Crippen LogP contribution in [-0.2, 0) is 0 Å². The van der Waals surface area contributed by atoms with Crippen LogP contribution in [-0.4, -0.2) is 18.4 Å². The molecule has 0 radical (unpaired) electrons. The molecule has 0 aromatic rings. The van der Waals surface area contributed by atoms with E-state index in [1.165, 1.54) is 0 Å². The lowest BCUT2D eigenvalue weighted by Crippen LogP contribution is -2.35. The summed E-state index contributed by atoms with van der Waals surface area (Å²) in [6.07, 6.45) is 2.69. The minimum atomic E-state index is -0.272. The summed E-state index contributed by atoms with van der Waals surface area (Å²) in [4.78, 5) is 0. The van der Waals surface area contributed by atoms with Crippen LogP contribution in [0.25, 0.3) is 0 Å². The predicted octanol–water partition coefficient (Wildman–Crippen LogP) is -0.621. The maximum atomic E-state index is 6.96. The zero-order chi connectivity index (χ0) is 7.98. The van der Waals surface area contributed by atoms with Crippen molar-refractivity contribution in [2.75, 3.05) is 6.54 Å². The van der Waals surface area contributed by atoms with Crippen LogP contribution in [0, 0.1) is 5.41 Å². The maximum Gasteiger partial charge on any atom is 0.108 e. The largest absolute Gasteiger partial charge is 0.386 e. The highest BCUT2D eigenvalue weighted by molar-refractivity contribution is 5.82. The molecule has 60 valence electrons. The van der Waals surface area contributed by atoms with E-state index >= 15 is 0 Å². The maximum absolute atomic E-state index is 6.96. The lowest BCUT2D eigenvalue weighted by atomic mass is 10.1. The first-order chi connectivity index (χ1) is 4.68. The van der Waals surface area contributed by atoms with E-state index in [4.69, 9.17) is 22.6 Å². The van der Waals surface area contributed by atoms with Gasteiger partial charge in [-0.05, 0) is 19.4 Å². The molecular formula is C6H16N4. The fraction of sp³-hybridized carbons (Fsp3) is 0.833. The standard InChI is InChI=1S/C6H16N4/c7-4-2-1-3-5(8)6(9)10/h5H,1-4,7-8H2,(H3,9,10)/t5-/m0/s1. The van der Waals surface area contributed by atoms with Gasteiger partial charge in [0, 0.05) is 0 Å². The molecule has 0 unspecified atom stereocenters. The summed E-state index contributed by atoms with van der Waals surface area (Å²) >= 11 is 0. The monoisotopic (exact) mass is 144 g/mol. The Balaban J connectivity index is 3.21. The Kier molecular flexibility index (Phi) is 4.88. The SMILES string of the molecule is N=C(N)[C@@H](N)CCCCN. The van der Waals surface area contributed by atoms with Gasteiger partial charge in [0.25, 0.3) is 0 Å². The number of nitrogens with one attached hydrogen (secondary N) is 1. The molecule has 4 heteroatoms. The van der Waals surface area contributed by atoms with Gasteiger partial charge in [-0.3, -0.25) is 5.41 Å². The zero-order valence-electron chi connectivity index (χ0n) is 6.14. The normalized spacial score (nSPS) is 13.0. The number of amidine groups is 1. The van der Waals surface area contributed by atoms with Crippen molar-refractivity contribution in [2.45, 2.75) is 25.3 Å². The van der Waals surface area contributed by atoms with Crippen LogP contribution in [0.1, 0.15) is 19.3 Å². The summed E-state index contributed by atoms with van der Waals surface area (Å²) in [5.74, 6) is 0.0667. The van der Waals surface area contributed by atoms with Crippen molar-refractivity contribution in [3.05, 3.63) is 0 Å². The van der Waals surface area contributed by atoms with Gasteiger partial charge in [-0.15, -0.1) is 0 Å². The third-order valence-corrected chi connectivity index (χ3v) is 1.37. The van der Waals surface area contributed by atoms with Crippen molar-refractivity contribution in [3.63, 3.8) is 0 Å². The lowest BCUT2D eigenvalue weighted by molar-refractivity contribution is 0.649. The molecule has 0 aromatic heterocycles. The van der Waals surface area contributed by atoms with Crippen molar-refractivity contribution >= 4 is 5.84 Å². The second-order valence-corrected chi connectivity index (χ2v) is 2.35. The zero-order valence-corrected chi connectivity index (χ0v) is 6.14. The minimum absolute atomic E-state index is 0.0667. The van der Waals surface area contributed by atoms with Crippen molar-refractivity contribution in [3.8, 4) is 0 Å². The Labute approximate surface area is 61.3 Å². The molecule has 0 saturated carbocycles. The van der Waals surface area contributed by atoms with E-state index in [0.717, 1.165) is 19.3 Å². The molecule has 0 rings (SSSR count). The van der Waals surface area contributed by atoms with Crippen LogP contribution >= 0.6 is 0 Å². The average Bonchev–Trinajstić information content (AvgIpc) is 1.88. The molecule has 0 aliphatic carbocycles. The number of hydrogen-bond acceptors (Lipinski definition) is 3. The summed E-state index contributed by atoms with van der Waals surface area (Å²) in [6, 6.07) is -0.272. The third-order valence-electron chi connectivity index (χ3n) is 1.37. The Bertz CT molecular complexity index is 102. The molecule has 0 bridgehead atoms. The molecule has 0 saturated heterocycles. The highest BCUT2D eigenvalue weighted by atomic mass is 14.8. The summed E-state index contributed by atoms with van der Waals surface area (Å²) in [7, 11) is 0. The molecule has 4 nitrogen and oxygen atoms in total. The first-order valence-corrected chi connectivity index (χ1v) is 3.48. The van der Waals surface area contributed by atoms with E-state index in [2.05, 4.69) is 0 Å². The van der Waals surface area contributed by atoms with Crippen molar-refractivity contribution in [1.82, 2.24) is 0 Å². The molecule has 10 heavy (non-hydrogen) atoms. The number of rotatable bonds is 5. The first kappa shape index (κ1) is 9.39. The summed E-state index contributed by atoms with van der Waals surface area (Å²) in [5, 5.41) is 6.96. The fourth-order valence-corrected chi connectivity index (χ4v) is 0.664. The van der Waals surface area contributed by atoms with Gasteiger partial charge in [-0.2, -0.15) is 0 Å². The van der Waals surface area contributed by atoms with Gasteiger partial charge in [0.05, 0.1) is 6.04 Å². The van der Waals surface area contributed by atoms with Gasteiger partial charge >= 0.3 is 0 Å². The third kappa shape index (κ3) is 4.29. The van der Waals surface area contributed by atoms with E-state index in [1.807, 2.05) is 0 Å². The van der Waals surface area contributed by atoms with E-state index in [-0.39, 0.29) is 11.9 Å². The molecule has 0 aliphatic heterocycles. The van der Waals surface area contributed by atoms with Gasteiger partial charge in [-0.25, -0.2) is 0 Å². The van der Waals surface area contributed by atoms with E-state index in [0.29, 0.717) is 6.54 Å². The topological polar surface area (TPSA) is 102 Å². The van der Waals surface area contributed by atoms with Gasteiger partial charge in [0.1, 0.15) is 5.84 Å². The second kappa shape index (κ2) is 5.20. The van der Waals surface area contributed by atoms with Gasteiger partial charge in [-0.1, -0.05) is 6.42 Å². The first-order valence-electron chi connectivity index (χ1n) is 3.48. The molecule has 7 N–H and O–H groups in total. The number of nitrogens with two attached hydrogens (primary N) is 3. The highest BCUT2D eigenvalue weighted by Gasteiger charge is 2.03. The smallest absolute Gasteiger partial charge is 0.108 e. The van der Waals surface area contributed by atoms with Gasteiger partial charge < -0.3 is 17.2 Å². The fourth-order valence-electron chi connectivity index (χ4n) is 0.664. The Morgan fingerprint density at radius 2 is 2.00 bits per heavy atom. The van der Waals surface area contributed by atoms with Crippen LogP contribution in [0.5, 0.6) is 0 Å². The van der Waals surface area contributed by atoms with Crippen molar-refractivity contribution < 1.29 is 0 Å². The van der Waals surface area contributed by atoms with Crippen LogP contribution in [0.3, 0.4) is 0 Å². The molecule has 0 aromatic carbocycles. The summed E-state index contributed by atoms with van der Waals surface area (Å²) in [5.41, 5.74) is 15.9. The van der Waals surface area contributed by atoms with E-state index < -0.39 is 0 Å². The Morgan fingerprint density at radius 3 is 2.40 bits per heavy atom. The molecule has 1 atom stereocenters. The molecule has 0 spiro atoms. The van der Waals surface area contributed by atoms with Crippen molar-refractivity contribution in [1.29, 1.82) is 5.41 Å². The van der Waals surface area contributed by atoms with E-state index in [1.54, 1.807) is 0 Å². The molecule has 0 fully saturated rings. The predicted molar refractivity (Wildman–Crippen MR) is 42.8 cm³/mol. The highest BCUT2D eigenvalue weighted by Crippen LogP contribution is 1.96. The quantitative estimate of drug-likeness (QED) is 0.235. The molecule has 0 aliphatic rings. The lowest BCUT2D eigenvalue weighted by Gasteiger charge is -2.07. The summed E-state index contributed by atoms with van der Waals surface area (Å²) < 4.78 is 0. The number of unbranched alkanes of at least 4 members (excludes halogenated alkanes) is 1. The average molecular weight is 144 g/mol. The van der Waals surface area contributed by atoms with E-state index in [9.17, 15) is 0 Å². The van der Waals surface area contributed by atoms with Gasteiger partial charge in [0.2, 0.25) is 0 Å². The van der Waals surface area contributed by atoms with Crippen LogP contribution in [0.4, 0.5) is 0 Å². The van der Waals surface area contributed by atoms with Crippen molar-refractivity contribution in [2.24, 2.45) is 17.2 Å². The van der Waals surface area contributed by atoms with Crippen LogP contribution in [0.2, 0.25) is 0 Å². The Hall–Kier alpha value is -0.610. The molecule has 0 amide bonds. The molecular weight excluding hydrogens is 128 g/mol. The van der Waals surface area contributed by atoms with Crippen LogP contribution in [0.15, 0.2) is 0 Å². The van der Waals surface area contributed by atoms with Gasteiger partial charge in [0.15, 0.2) is 0 Å². The second-order valence-electron chi connectivity index (χ2n) is 2.35. The summed E-state index contributed by atoms with van der Waals surface area (Å²) in [6.45, 7) is 0.685. The van der Waals surface area contributed by atoms with Crippen LogP contribution < -0.4 is 17.2 Å². The minimum Gasteiger partial charge on any atom is -0.386 e. The number of hydrogen-bond donors (Lipinski definition) is 4. The molecule has 0 heterocycles. The Morgan fingerprint density at radius 1 is 1.40 bits per heavy atom.